The molecule has 1 aliphatic heterocycles. The first-order chi connectivity index (χ1) is 7.99. The molecule has 0 spiro atoms. The molecule has 1 aliphatic rings. The second kappa shape index (κ2) is 6.92. The maximum Gasteiger partial charge on any atom is 0.0269 e. The summed E-state index contributed by atoms with van der Waals surface area (Å²) in [6.45, 7) is 14.4. The van der Waals surface area contributed by atoms with Gasteiger partial charge in [0.2, 0.25) is 0 Å². The van der Waals surface area contributed by atoms with Gasteiger partial charge in [-0.05, 0) is 32.4 Å². The lowest BCUT2D eigenvalue weighted by Gasteiger charge is -2.32. The maximum atomic E-state index is 4.52. The average Bonchev–Trinajstić information content (AvgIpc) is 2.29. The molecule has 0 unspecified atom stereocenters. The number of hydrogen-bond donors (Lipinski definition) is 0. The Hall–Kier alpha value is -0.670. The highest BCUT2D eigenvalue weighted by atomic mass is 15.2. The summed E-state index contributed by atoms with van der Waals surface area (Å²) in [6.07, 6.45) is 2.04. The Kier molecular flexibility index (Phi) is 5.86. The summed E-state index contributed by atoms with van der Waals surface area (Å²) in [4.78, 5) is 9.41. The van der Waals surface area contributed by atoms with Crippen LogP contribution in [-0.4, -0.2) is 55.3 Å². The van der Waals surface area contributed by atoms with Gasteiger partial charge in [0.05, 0.1) is 0 Å². The summed E-state index contributed by atoms with van der Waals surface area (Å²) >= 11 is 0. The fourth-order valence-electron chi connectivity index (χ4n) is 1.76. The molecule has 1 heterocycles. The van der Waals surface area contributed by atoms with Gasteiger partial charge in [0.1, 0.15) is 0 Å². The van der Waals surface area contributed by atoms with E-state index in [1.54, 1.807) is 0 Å². The fraction of sp³-hybridized carbons (Fsp3) is 0.786. The van der Waals surface area contributed by atoms with Gasteiger partial charge in [-0.3, -0.25) is 9.89 Å². The summed E-state index contributed by atoms with van der Waals surface area (Å²) in [7, 11) is 2.19. The molecule has 0 aromatic carbocycles. The zero-order valence-electron chi connectivity index (χ0n) is 12.0. The van der Waals surface area contributed by atoms with Gasteiger partial charge in [-0.25, -0.2) is 0 Å². The highest BCUT2D eigenvalue weighted by molar-refractivity contribution is 5.84. The van der Waals surface area contributed by atoms with Crippen molar-refractivity contribution < 1.29 is 0 Å². The highest BCUT2D eigenvalue weighted by Crippen LogP contribution is 2.05. The molecule has 0 atom stereocenters. The molecule has 0 aliphatic carbocycles. The van der Waals surface area contributed by atoms with E-state index in [1.165, 1.54) is 37.5 Å². The molecule has 1 saturated heterocycles. The van der Waals surface area contributed by atoms with E-state index in [9.17, 15) is 0 Å². The Morgan fingerprint density at radius 3 is 2.29 bits per heavy atom. The van der Waals surface area contributed by atoms with Crippen LogP contribution in [0.3, 0.4) is 0 Å². The lowest BCUT2D eigenvalue weighted by atomic mass is 10.1. The summed E-state index contributed by atoms with van der Waals surface area (Å²) in [5, 5.41) is 0. The van der Waals surface area contributed by atoms with E-state index in [1.807, 2.05) is 6.20 Å². The van der Waals surface area contributed by atoms with Crippen molar-refractivity contribution in [3.05, 3.63) is 11.8 Å². The lowest BCUT2D eigenvalue weighted by Crippen LogP contribution is -2.44. The summed E-state index contributed by atoms with van der Waals surface area (Å²) in [5.41, 5.74) is 2.57. The van der Waals surface area contributed by atoms with Crippen molar-refractivity contribution in [1.82, 2.24) is 9.80 Å². The number of hydrogen-bond acceptors (Lipinski definition) is 3. The molecular formula is C14H27N3. The SMILES string of the molecule is CC(=N/C=C(\C)CN1CCN(C)CC1)C(C)C. The van der Waals surface area contributed by atoms with Crippen LogP contribution in [0.5, 0.6) is 0 Å². The van der Waals surface area contributed by atoms with Gasteiger partial charge < -0.3 is 4.90 Å². The third-order valence-corrected chi connectivity index (χ3v) is 3.39. The van der Waals surface area contributed by atoms with E-state index >= 15 is 0 Å². The van der Waals surface area contributed by atoms with Crippen LogP contribution in [0.25, 0.3) is 0 Å². The van der Waals surface area contributed by atoms with Crippen molar-refractivity contribution in [2.45, 2.75) is 27.7 Å². The van der Waals surface area contributed by atoms with Gasteiger partial charge in [-0.15, -0.1) is 0 Å². The largest absolute Gasteiger partial charge is 0.304 e. The predicted molar refractivity (Wildman–Crippen MR) is 75.6 cm³/mol. The second-order valence-electron chi connectivity index (χ2n) is 5.48. The van der Waals surface area contributed by atoms with Crippen LogP contribution in [0.1, 0.15) is 27.7 Å². The first-order valence-electron chi connectivity index (χ1n) is 6.60. The number of nitrogens with zero attached hydrogens (tertiary/aromatic N) is 3. The van der Waals surface area contributed by atoms with Gasteiger partial charge in [-0.2, -0.15) is 0 Å². The zero-order valence-corrected chi connectivity index (χ0v) is 12.0. The molecule has 0 aromatic heterocycles. The van der Waals surface area contributed by atoms with E-state index in [4.69, 9.17) is 0 Å². The molecule has 3 heteroatoms. The Bertz CT molecular complexity index is 284. The molecule has 3 nitrogen and oxygen atoms in total. The molecule has 98 valence electrons. The summed E-state index contributed by atoms with van der Waals surface area (Å²) in [5.74, 6) is 0.544. The smallest absolute Gasteiger partial charge is 0.0269 e. The van der Waals surface area contributed by atoms with Crippen molar-refractivity contribution in [3.63, 3.8) is 0 Å². The van der Waals surface area contributed by atoms with Crippen LogP contribution in [0.4, 0.5) is 0 Å². The minimum absolute atomic E-state index is 0.544. The van der Waals surface area contributed by atoms with Crippen LogP contribution >= 0.6 is 0 Å². The van der Waals surface area contributed by atoms with E-state index < -0.39 is 0 Å². The molecule has 0 radical (unpaired) electrons. The van der Waals surface area contributed by atoms with Gasteiger partial charge in [0.15, 0.2) is 0 Å². The van der Waals surface area contributed by atoms with Crippen molar-refractivity contribution in [2.24, 2.45) is 10.9 Å². The third kappa shape index (κ3) is 5.46. The van der Waals surface area contributed by atoms with Gasteiger partial charge in [0.25, 0.3) is 0 Å². The van der Waals surface area contributed by atoms with Crippen LogP contribution in [0, 0.1) is 5.92 Å². The molecule has 17 heavy (non-hydrogen) atoms. The molecule has 0 bridgehead atoms. The quantitative estimate of drug-likeness (QED) is 0.698. The van der Waals surface area contributed by atoms with Crippen LogP contribution in [0.2, 0.25) is 0 Å². The number of likely N-dealkylation sites (N-methyl/N-ethyl adjacent to an activating group) is 1. The van der Waals surface area contributed by atoms with Gasteiger partial charge in [-0.1, -0.05) is 13.8 Å². The average molecular weight is 237 g/mol. The van der Waals surface area contributed by atoms with Crippen molar-refractivity contribution in [3.8, 4) is 0 Å². The second-order valence-corrected chi connectivity index (χ2v) is 5.48. The maximum absolute atomic E-state index is 4.52. The Morgan fingerprint density at radius 2 is 1.76 bits per heavy atom. The molecule has 0 saturated carbocycles. The molecule has 0 aromatic rings. The molecule has 0 amide bonds. The minimum atomic E-state index is 0.544. The minimum Gasteiger partial charge on any atom is -0.304 e. The van der Waals surface area contributed by atoms with Crippen LogP contribution in [-0.2, 0) is 0 Å². The number of piperazine rings is 1. The normalized spacial score (nSPS) is 21.3. The van der Waals surface area contributed by atoms with E-state index in [0.29, 0.717) is 5.92 Å². The summed E-state index contributed by atoms with van der Waals surface area (Å²) < 4.78 is 0. The molecule has 0 N–H and O–H groups in total. The predicted octanol–water partition coefficient (Wildman–Crippen LogP) is 2.25. The van der Waals surface area contributed by atoms with E-state index in [0.717, 1.165) is 6.54 Å². The standard InChI is InChI=1S/C14H27N3/c1-12(2)14(4)15-10-13(3)11-17-8-6-16(5)7-9-17/h10,12H,6-9,11H2,1-5H3/b13-10+,15-14?. The van der Waals surface area contributed by atoms with E-state index in [-0.39, 0.29) is 0 Å². The molecular weight excluding hydrogens is 210 g/mol. The first-order valence-corrected chi connectivity index (χ1v) is 6.60. The monoisotopic (exact) mass is 237 g/mol. The van der Waals surface area contributed by atoms with E-state index in [2.05, 4.69) is 49.5 Å². The lowest BCUT2D eigenvalue weighted by molar-refractivity contribution is 0.164. The number of aliphatic imine (C=N–C) groups is 1. The number of rotatable bonds is 4. The van der Waals surface area contributed by atoms with Crippen molar-refractivity contribution in [2.75, 3.05) is 39.8 Å². The summed E-state index contributed by atoms with van der Waals surface area (Å²) in [6, 6.07) is 0. The van der Waals surface area contributed by atoms with Crippen molar-refractivity contribution in [1.29, 1.82) is 0 Å². The van der Waals surface area contributed by atoms with Gasteiger partial charge >= 0.3 is 0 Å². The Balaban J connectivity index is 2.41. The third-order valence-electron chi connectivity index (χ3n) is 3.39. The Labute approximate surface area is 106 Å². The molecule has 1 rings (SSSR count). The van der Waals surface area contributed by atoms with Crippen LogP contribution in [0.15, 0.2) is 16.8 Å². The zero-order chi connectivity index (χ0) is 12.8. The Morgan fingerprint density at radius 1 is 1.18 bits per heavy atom. The van der Waals surface area contributed by atoms with Gasteiger partial charge in [0, 0.05) is 44.6 Å². The topological polar surface area (TPSA) is 18.8 Å². The molecule has 1 fully saturated rings. The van der Waals surface area contributed by atoms with Crippen molar-refractivity contribution >= 4 is 5.71 Å². The first kappa shape index (κ1) is 14.4. The highest BCUT2D eigenvalue weighted by Gasteiger charge is 2.13. The fourth-order valence-corrected chi connectivity index (χ4v) is 1.76. The van der Waals surface area contributed by atoms with Crippen LogP contribution < -0.4 is 0 Å².